The van der Waals surface area contributed by atoms with Crippen molar-refractivity contribution in [2.75, 3.05) is 19.0 Å². The van der Waals surface area contributed by atoms with Crippen molar-refractivity contribution < 1.29 is 9.53 Å². The summed E-state index contributed by atoms with van der Waals surface area (Å²) in [5.74, 6) is 1.09. The summed E-state index contributed by atoms with van der Waals surface area (Å²) in [6.07, 6.45) is 2.50. The van der Waals surface area contributed by atoms with Gasteiger partial charge in [0.05, 0.1) is 15.7 Å². The van der Waals surface area contributed by atoms with Gasteiger partial charge in [0.25, 0.3) is 0 Å². The summed E-state index contributed by atoms with van der Waals surface area (Å²) in [4.78, 5) is 19.6. The lowest BCUT2D eigenvalue weighted by atomic mass is 9.98. The van der Waals surface area contributed by atoms with Crippen LogP contribution >= 0.6 is 35.0 Å². The number of amidine groups is 1. The highest BCUT2D eigenvalue weighted by molar-refractivity contribution is 8.14. The third kappa shape index (κ3) is 3.90. The molecule has 0 spiro atoms. The van der Waals surface area contributed by atoms with Crippen LogP contribution in [-0.4, -0.2) is 41.0 Å². The first-order chi connectivity index (χ1) is 11.6. The number of ether oxygens (including phenoxy) is 1. The Bertz CT molecular complexity index is 647. The quantitative estimate of drug-likeness (QED) is 0.751. The van der Waals surface area contributed by atoms with Gasteiger partial charge in [0.2, 0.25) is 5.91 Å². The zero-order valence-electron chi connectivity index (χ0n) is 13.5. The number of hydrogen-bond donors (Lipinski definition) is 0. The maximum atomic E-state index is 13.0. The second-order valence-corrected chi connectivity index (χ2v) is 7.76. The summed E-state index contributed by atoms with van der Waals surface area (Å²) in [6.45, 7) is 3.43. The number of halogens is 2. The van der Waals surface area contributed by atoms with Crippen molar-refractivity contribution in [1.29, 1.82) is 0 Å². The summed E-state index contributed by atoms with van der Waals surface area (Å²) < 4.78 is 5.38. The van der Waals surface area contributed by atoms with E-state index in [1.54, 1.807) is 23.9 Å². The fourth-order valence-corrected chi connectivity index (χ4v) is 4.50. The Balaban J connectivity index is 1.86. The van der Waals surface area contributed by atoms with Crippen molar-refractivity contribution in [3.05, 3.63) is 28.2 Å². The molecule has 0 bridgehead atoms. The van der Waals surface area contributed by atoms with Crippen LogP contribution in [0.1, 0.15) is 26.2 Å². The fraction of sp³-hybridized carbons (Fsp3) is 0.529. The van der Waals surface area contributed by atoms with Crippen LogP contribution in [0.25, 0.3) is 0 Å². The van der Waals surface area contributed by atoms with Gasteiger partial charge in [0.1, 0.15) is 0 Å². The number of nitrogens with zero attached hydrogens (tertiary/aromatic N) is 2. The van der Waals surface area contributed by atoms with Gasteiger partial charge in [0.15, 0.2) is 5.17 Å². The van der Waals surface area contributed by atoms with Crippen LogP contribution in [0.3, 0.4) is 0 Å². The number of carbonyl (C=O) groups is 1. The van der Waals surface area contributed by atoms with E-state index in [0.29, 0.717) is 28.9 Å². The molecule has 2 saturated heterocycles. The Labute approximate surface area is 156 Å². The lowest BCUT2D eigenvalue weighted by molar-refractivity contribution is -0.135. The van der Waals surface area contributed by atoms with E-state index >= 15 is 0 Å². The zero-order valence-corrected chi connectivity index (χ0v) is 15.8. The van der Waals surface area contributed by atoms with Crippen molar-refractivity contribution in [3.63, 3.8) is 0 Å². The molecule has 4 nitrogen and oxygen atoms in total. The van der Waals surface area contributed by atoms with E-state index in [2.05, 4.69) is 11.9 Å². The van der Waals surface area contributed by atoms with Crippen molar-refractivity contribution in [1.82, 2.24) is 4.90 Å². The molecule has 1 unspecified atom stereocenters. The summed E-state index contributed by atoms with van der Waals surface area (Å²) in [7, 11) is 0. The van der Waals surface area contributed by atoms with Gasteiger partial charge in [-0.2, -0.15) is 0 Å². The lowest BCUT2D eigenvalue weighted by Crippen LogP contribution is -2.44. The number of carbonyl (C=O) groups excluding carboxylic acids is 1. The van der Waals surface area contributed by atoms with Gasteiger partial charge in [0, 0.05) is 30.9 Å². The molecule has 7 heteroatoms. The van der Waals surface area contributed by atoms with Crippen molar-refractivity contribution in [3.8, 4) is 0 Å². The standard InChI is InChI=1S/C17H20Cl2N2O2S/c1-2-13-10-24-17(20-12-3-4-14(18)15(19)9-12)21(13)16(22)11-5-7-23-8-6-11/h3-4,9,11,13H,2,5-8,10H2,1H3. The van der Waals surface area contributed by atoms with Gasteiger partial charge in [-0.05, 0) is 37.5 Å². The van der Waals surface area contributed by atoms with E-state index in [-0.39, 0.29) is 17.9 Å². The summed E-state index contributed by atoms with van der Waals surface area (Å²) in [5, 5.41) is 1.73. The SMILES string of the molecule is CCC1CSC(=Nc2ccc(Cl)c(Cl)c2)N1C(=O)C1CCOCC1. The molecule has 1 aromatic carbocycles. The van der Waals surface area contributed by atoms with Crippen LogP contribution < -0.4 is 0 Å². The first-order valence-corrected chi connectivity index (χ1v) is 9.91. The van der Waals surface area contributed by atoms with Gasteiger partial charge >= 0.3 is 0 Å². The second kappa shape index (κ2) is 8.09. The third-order valence-corrected chi connectivity index (χ3v) is 6.22. The van der Waals surface area contributed by atoms with Gasteiger partial charge in [-0.3, -0.25) is 9.69 Å². The normalized spacial score (nSPS) is 23.9. The molecular formula is C17H20Cl2N2O2S. The second-order valence-electron chi connectivity index (χ2n) is 5.96. The Morgan fingerprint density at radius 3 is 2.75 bits per heavy atom. The lowest BCUT2D eigenvalue weighted by Gasteiger charge is -2.29. The van der Waals surface area contributed by atoms with Crippen molar-refractivity contribution in [2.24, 2.45) is 10.9 Å². The van der Waals surface area contributed by atoms with E-state index in [0.717, 1.165) is 30.2 Å². The number of benzene rings is 1. The molecule has 3 rings (SSSR count). The molecule has 0 aliphatic carbocycles. The summed E-state index contributed by atoms with van der Waals surface area (Å²) in [6, 6.07) is 5.48. The number of amides is 1. The molecule has 130 valence electrons. The minimum absolute atomic E-state index is 0.0329. The monoisotopic (exact) mass is 386 g/mol. The molecule has 1 atom stereocenters. The van der Waals surface area contributed by atoms with Crippen LogP contribution in [0, 0.1) is 5.92 Å². The molecular weight excluding hydrogens is 367 g/mol. The Morgan fingerprint density at radius 1 is 1.33 bits per heavy atom. The smallest absolute Gasteiger partial charge is 0.232 e. The van der Waals surface area contributed by atoms with E-state index in [1.807, 2.05) is 11.0 Å². The van der Waals surface area contributed by atoms with Crippen LogP contribution in [0.2, 0.25) is 10.0 Å². The van der Waals surface area contributed by atoms with E-state index in [4.69, 9.17) is 27.9 Å². The van der Waals surface area contributed by atoms with E-state index in [1.165, 1.54) is 0 Å². The van der Waals surface area contributed by atoms with Gasteiger partial charge in [-0.25, -0.2) is 4.99 Å². The Kier molecular flexibility index (Phi) is 6.08. The average molecular weight is 387 g/mol. The number of hydrogen-bond acceptors (Lipinski definition) is 4. The highest BCUT2D eigenvalue weighted by Gasteiger charge is 2.37. The predicted molar refractivity (Wildman–Crippen MR) is 100 cm³/mol. The van der Waals surface area contributed by atoms with Crippen LogP contribution in [0.4, 0.5) is 5.69 Å². The molecule has 24 heavy (non-hydrogen) atoms. The van der Waals surface area contributed by atoms with Gasteiger partial charge in [-0.1, -0.05) is 41.9 Å². The molecule has 2 heterocycles. The predicted octanol–water partition coefficient (Wildman–Crippen LogP) is 4.76. The van der Waals surface area contributed by atoms with Gasteiger partial charge in [-0.15, -0.1) is 0 Å². The average Bonchev–Trinajstić information content (AvgIpc) is 3.01. The number of aliphatic imine (C=N–C) groups is 1. The topological polar surface area (TPSA) is 41.9 Å². The first kappa shape index (κ1) is 18.1. The van der Waals surface area contributed by atoms with E-state index < -0.39 is 0 Å². The first-order valence-electron chi connectivity index (χ1n) is 8.17. The van der Waals surface area contributed by atoms with Crippen molar-refractivity contribution >= 4 is 51.7 Å². The molecule has 2 aliphatic rings. The largest absolute Gasteiger partial charge is 0.381 e. The molecule has 0 N–H and O–H groups in total. The molecule has 0 aromatic heterocycles. The molecule has 0 radical (unpaired) electrons. The summed E-state index contributed by atoms with van der Waals surface area (Å²) in [5.41, 5.74) is 0.716. The van der Waals surface area contributed by atoms with E-state index in [9.17, 15) is 4.79 Å². The molecule has 2 fully saturated rings. The number of thioether (sulfide) groups is 1. The maximum Gasteiger partial charge on any atom is 0.232 e. The van der Waals surface area contributed by atoms with Gasteiger partial charge < -0.3 is 4.74 Å². The highest BCUT2D eigenvalue weighted by atomic mass is 35.5. The highest BCUT2D eigenvalue weighted by Crippen LogP contribution is 2.33. The Morgan fingerprint density at radius 2 is 2.08 bits per heavy atom. The summed E-state index contributed by atoms with van der Waals surface area (Å²) >= 11 is 13.7. The fourth-order valence-electron chi connectivity index (χ4n) is 2.94. The molecule has 2 aliphatic heterocycles. The molecule has 0 saturated carbocycles. The van der Waals surface area contributed by atoms with Crippen LogP contribution in [-0.2, 0) is 9.53 Å². The minimum atomic E-state index is 0.0329. The minimum Gasteiger partial charge on any atom is -0.381 e. The zero-order chi connectivity index (χ0) is 17.1. The third-order valence-electron chi connectivity index (χ3n) is 4.38. The number of rotatable bonds is 3. The molecule has 1 amide bonds. The van der Waals surface area contributed by atoms with Crippen molar-refractivity contribution in [2.45, 2.75) is 32.2 Å². The van der Waals surface area contributed by atoms with Crippen LogP contribution in [0.15, 0.2) is 23.2 Å². The van der Waals surface area contributed by atoms with Crippen LogP contribution in [0.5, 0.6) is 0 Å². The Hall–Kier alpha value is -0.750. The maximum absolute atomic E-state index is 13.0. The molecule has 1 aromatic rings.